The van der Waals surface area contributed by atoms with Crippen molar-refractivity contribution in [3.05, 3.63) is 46.6 Å². The van der Waals surface area contributed by atoms with Gasteiger partial charge in [-0.25, -0.2) is 22.3 Å². The van der Waals surface area contributed by atoms with E-state index in [0.717, 1.165) is 12.8 Å². The van der Waals surface area contributed by atoms with Gasteiger partial charge in [-0.2, -0.15) is 12.2 Å². The molecule has 0 spiro atoms. The first-order valence-corrected chi connectivity index (χ1v) is 7.22. The Balaban J connectivity index is -0.000000270. The molecule has 0 aliphatic heterocycles. The molecule has 0 amide bonds. The van der Waals surface area contributed by atoms with Crippen molar-refractivity contribution >= 4 is 0 Å². The molecule has 0 unspecified atom stereocenters. The molecule has 2 aliphatic carbocycles. The molecule has 0 atom stereocenters. The second kappa shape index (κ2) is 15.7. The number of hydrogen-bond donors (Lipinski definition) is 0. The van der Waals surface area contributed by atoms with Crippen LogP contribution in [0.5, 0.6) is 0 Å². The fourth-order valence-corrected chi connectivity index (χ4v) is 2.25. The maximum Gasteiger partial charge on any atom is 4.00 e. The van der Waals surface area contributed by atoms with Gasteiger partial charge in [0.05, 0.1) is 0 Å². The molecule has 2 rings (SSSR count). The van der Waals surface area contributed by atoms with E-state index in [0.29, 0.717) is 0 Å². The van der Waals surface area contributed by atoms with Gasteiger partial charge < -0.3 is 34.0 Å². The van der Waals surface area contributed by atoms with Crippen molar-refractivity contribution in [2.45, 2.75) is 66.2 Å². The van der Waals surface area contributed by atoms with Crippen LogP contribution < -0.4 is 34.0 Å². The van der Waals surface area contributed by atoms with Crippen LogP contribution in [0.15, 0.2) is 34.4 Å². The smallest absolute Gasteiger partial charge is 1.00 e. The van der Waals surface area contributed by atoms with Crippen molar-refractivity contribution in [2.75, 3.05) is 0 Å². The van der Waals surface area contributed by atoms with E-state index in [2.05, 4.69) is 52.0 Å². The van der Waals surface area contributed by atoms with Crippen molar-refractivity contribution in [3.63, 3.8) is 0 Å². The minimum atomic E-state index is 0. The average molecular weight is 493 g/mol. The van der Waals surface area contributed by atoms with Gasteiger partial charge in [-0.05, 0) is 0 Å². The van der Waals surface area contributed by atoms with Crippen LogP contribution in [0, 0.1) is 12.2 Å². The second-order valence-corrected chi connectivity index (χ2v) is 4.99. The number of rotatable bonds is 4. The first-order chi connectivity index (χ1) is 8.69. The van der Waals surface area contributed by atoms with Gasteiger partial charge in [0.25, 0.3) is 0 Å². The second-order valence-electron chi connectivity index (χ2n) is 4.99. The number of halogens is 2. The molecule has 0 nitrogen and oxygen atoms in total. The third-order valence-corrected chi connectivity index (χ3v) is 3.40. The predicted molar refractivity (Wildman–Crippen MR) is 80.1 cm³/mol. The third-order valence-electron chi connectivity index (χ3n) is 3.40. The van der Waals surface area contributed by atoms with E-state index in [9.17, 15) is 0 Å². The van der Waals surface area contributed by atoms with E-state index >= 15 is 0 Å². The first kappa shape index (κ1) is 26.7. The molecule has 0 radical (unpaired) electrons. The third kappa shape index (κ3) is 10.2. The molecule has 0 aromatic carbocycles. The van der Waals surface area contributed by atoms with Crippen LogP contribution in [0.3, 0.4) is 0 Å². The zero-order chi connectivity index (χ0) is 13.4. The summed E-state index contributed by atoms with van der Waals surface area (Å²) in [5, 5.41) is 0. The van der Waals surface area contributed by atoms with Crippen molar-refractivity contribution in [1.29, 1.82) is 0 Å². The minimum Gasteiger partial charge on any atom is -1.00 e. The summed E-state index contributed by atoms with van der Waals surface area (Å²) < 4.78 is 0. The van der Waals surface area contributed by atoms with Gasteiger partial charge in [0.2, 0.25) is 0 Å². The van der Waals surface area contributed by atoms with Crippen molar-refractivity contribution in [1.82, 2.24) is 0 Å². The maximum absolute atomic E-state index is 3.33. The fraction of sp³-hybridized carbons (Fsp3) is 0.556. The Labute approximate surface area is 171 Å². The van der Waals surface area contributed by atoms with Gasteiger partial charge in [0, 0.05) is 0 Å². The Bertz CT molecular complexity index is 352. The molecule has 0 bridgehead atoms. The van der Waals surface area contributed by atoms with Crippen molar-refractivity contribution in [2.24, 2.45) is 0 Å². The van der Waals surface area contributed by atoms with E-state index in [-0.39, 0.29) is 60.2 Å². The summed E-state index contributed by atoms with van der Waals surface area (Å²) in [5.41, 5.74) is 5.77. The van der Waals surface area contributed by atoms with Crippen LogP contribution >= 0.6 is 0 Å². The van der Waals surface area contributed by atoms with Gasteiger partial charge in [-0.1, -0.05) is 39.5 Å². The predicted octanol–water partition coefficient (Wildman–Crippen LogP) is -0.262. The zero-order valence-corrected chi connectivity index (χ0v) is 19.3. The summed E-state index contributed by atoms with van der Waals surface area (Å²) in [6, 6.07) is 0. The molecule has 21 heavy (non-hydrogen) atoms. The standard InChI is InChI=1S/2C9H13.2BrH.Zr/c2*1-3-5-9-7-4-6-8(9)2;;;/h2*6H,3-5H2,1-2H3;2*1H;/q2*-1;;;+4/p-2. The Hall–Kier alpha value is 0.803. The number of allylic oxidation sites excluding steroid dienone is 8. The first-order valence-electron chi connectivity index (χ1n) is 7.22. The molecule has 0 saturated carbocycles. The summed E-state index contributed by atoms with van der Waals surface area (Å²) in [6.45, 7) is 8.76. The molecule has 3 heteroatoms. The molecule has 0 N–H and O–H groups in total. The van der Waals surface area contributed by atoms with Gasteiger partial charge in [-0.3, -0.25) is 12.2 Å². The van der Waals surface area contributed by atoms with E-state index in [4.69, 9.17) is 0 Å². The van der Waals surface area contributed by atoms with E-state index in [1.54, 1.807) is 0 Å². The summed E-state index contributed by atoms with van der Waals surface area (Å²) >= 11 is 0. The number of hydrogen-bond acceptors (Lipinski definition) is 0. The monoisotopic (exact) mass is 490 g/mol. The average Bonchev–Trinajstić information content (AvgIpc) is 2.92. The maximum atomic E-state index is 3.33. The molecular weight excluding hydrogens is 467 g/mol. The van der Waals surface area contributed by atoms with E-state index in [1.807, 2.05) is 0 Å². The molecule has 116 valence electrons. The van der Waals surface area contributed by atoms with Gasteiger partial charge in [-0.15, -0.1) is 26.7 Å². The summed E-state index contributed by atoms with van der Waals surface area (Å²) in [4.78, 5) is 0. The summed E-state index contributed by atoms with van der Waals surface area (Å²) in [7, 11) is 0. The Morgan fingerprint density at radius 3 is 1.33 bits per heavy atom. The van der Waals surface area contributed by atoms with E-state index < -0.39 is 0 Å². The molecular formula is C18H26Br2Zr. The zero-order valence-electron chi connectivity index (χ0n) is 13.7. The van der Waals surface area contributed by atoms with Gasteiger partial charge >= 0.3 is 26.2 Å². The Morgan fingerprint density at radius 1 is 0.810 bits per heavy atom. The summed E-state index contributed by atoms with van der Waals surface area (Å²) in [6.07, 6.45) is 18.1. The molecule has 0 saturated heterocycles. The van der Waals surface area contributed by atoms with Crippen LogP contribution in [-0.2, 0) is 26.2 Å². The minimum absolute atomic E-state index is 0. The quantitative estimate of drug-likeness (QED) is 0.474. The molecule has 2 aliphatic rings. The van der Waals surface area contributed by atoms with Crippen molar-refractivity contribution < 1.29 is 60.2 Å². The Kier molecular flexibility index (Phi) is 19.9. The van der Waals surface area contributed by atoms with Crippen LogP contribution in [-0.4, -0.2) is 0 Å². The molecule has 0 aromatic heterocycles. The SMILES string of the molecule is CCCC1=[C-]CC=C1C.CCCC1=[C-]CC=C1C.[Br-].[Br-].[Zr+4]. The van der Waals surface area contributed by atoms with Gasteiger partial charge in [0.1, 0.15) is 0 Å². The molecule has 0 fully saturated rings. The van der Waals surface area contributed by atoms with Crippen LogP contribution in [0.2, 0.25) is 0 Å². The van der Waals surface area contributed by atoms with Crippen LogP contribution in [0.4, 0.5) is 0 Å². The van der Waals surface area contributed by atoms with Crippen LogP contribution in [0.1, 0.15) is 66.2 Å². The normalized spacial score (nSPS) is 15.0. The topological polar surface area (TPSA) is 0 Å². The van der Waals surface area contributed by atoms with Gasteiger partial charge in [0.15, 0.2) is 0 Å². The van der Waals surface area contributed by atoms with Crippen molar-refractivity contribution in [3.8, 4) is 0 Å². The summed E-state index contributed by atoms with van der Waals surface area (Å²) in [5.74, 6) is 0. The Morgan fingerprint density at radius 2 is 1.14 bits per heavy atom. The molecule has 0 heterocycles. The molecule has 0 aromatic rings. The fourth-order valence-electron chi connectivity index (χ4n) is 2.25. The van der Waals surface area contributed by atoms with Crippen LogP contribution in [0.25, 0.3) is 0 Å². The largest absolute Gasteiger partial charge is 4.00 e. The van der Waals surface area contributed by atoms with E-state index in [1.165, 1.54) is 48.0 Å².